The maximum atomic E-state index is 13.0. The molecule has 3 rings (SSSR count). The zero-order valence-corrected chi connectivity index (χ0v) is 14.8. The van der Waals surface area contributed by atoms with Gasteiger partial charge in [-0.25, -0.2) is 4.79 Å². The Kier molecular flexibility index (Phi) is 5.71. The molecule has 7 heteroatoms. The summed E-state index contributed by atoms with van der Waals surface area (Å²) in [5, 5.41) is 0.642. The largest absolute Gasteiger partial charge is 0.467 e. The fourth-order valence-corrected chi connectivity index (χ4v) is 2.68. The third-order valence-electron chi connectivity index (χ3n) is 3.98. The van der Waals surface area contributed by atoms with E-state index in [1.807, 2.05) is 0 Å². The summed E-state index contributed by atoms with van der Waals surface area (Å²) in [5.74, 6) is -0.409. The summed E-state index contributed by atoms with van der Waals surface area (Å²) in [4.78, 5) is 38.3. The Bertz CT molecular complexity index is 989. The van der Waals surface area contributed by atoms with Crippen molar-refractivity contribution in [3.63, 3.8) is 0 Å². The third-order valence-corrected chi connectivity index (χ3v) is 3.98. The Hall–Kier alpha value is -3.35. The van der Waals surface area contributed by atoms with Gasteiger partial charge in [0.2, 0.25) is 0 Å². The highest BCUT2D eigenvalue weighted by Gasteiger charge is 2.22. The van der Waals surface area contributed by atoms with E-state index in [4.69, 9.17) is 13.6 Å². The topological polar surface area (TPSA) is 90.0 Å². The molecule has 0 aliphatic heterocycles. The summed E-state index contributed by atoms with van der Waals surface area (Å²) >= 11 is 0. The zero-order chi connectivity index (χ0) is 19.2. The molecule has 0 N–H and O–H groups in total. The molecule has 0 radical (unpaired) electrons. The minimum Gasteiger partial charge on any atom is -0.467 e. The number of amides is 1. The summed E-state index contributed by atoms with van der Waals surface area (Å²) in [6, 6.07) is 11.9. The van der Waals surface area contributed by atoms with Crippen LogP contribution in [0.1, 0.15) is 29.5 Å². The predicted molar refractivity (Wildman–Crippen MR) is 97.2 cm³/mol. The summed E-state index contributed by atoms with van der Waals surface area (Å²) in [7, 11) is 0. The first-order valence-electron chi connectivity index (χ1n) is 8.58. The van der Waals surface area contributed by atoms with Crippen LogP contribution in [-0.4, -0.2) is 29.9 Å². The number of fused-ring (bicyclic) bond motifs is 1. The van der Waals surface area contributed by atoms with Crippen LogP contribution in [0.25, 0.3) is 11.0 Å². The van der Waals surface area contributed by atoms with E-state index in [-0.39, 0.29) is 31.7 Å². The monoisotopic (exact) mass is 369 g/mol. The minimum absolute atomic E-state index is 0.0131. The Morgan fingerprint density at radius 2 is 1.96 bits per heavy atom. The van der Waals surface area contributed by atoms with E-state index in [1.165, 1.54) is 17.2 Å². The molecule has 1 aromatic carbocycles. The molecule has 27 heavy (non-hydrogen) atoms. The van der Waals surface area contributed by atoms with Crippen LogP contribution >= 0.6 is 0 Å². The van der Waals surface area contributed by atoms with Crippen molar-refractivity contribution in [3.8, 4) is 0 Å². The highest BCUT2D eigenvalue weighted by atomic mass is 16.5. The molecule has 0 aliphatic rings. The summed E-state index contributed by atoms with van der Waals surface area (Å²) in [6.45, 7) is 2.19. The normalized spacial score (nSPS) is 10.7. The number of benzene rings is 1. The Morgan fingerprint density at radius 1 is 1.15 bits per heavy atom. The number of nitrogens with zero attached hydrogens (tertiary/aromatic N) is 1. The van der Waals surface area contributed by atoms with Crippen LogP contribution < -0.4 is 5.63 Å². The van der Waals surface area contributed by atoms with Gasteiger partial charge in [0.1, 0.15) is 16.9 Å². The fourth-order valence-electron chi connectivity index (χ4n) is 2.68. The van der Waals surface area contributed by atoms with Gasteiger partial charge >= 0.3 is 11.6 Å². The number of rotatable bonds is 7. The molecule has 1 amide bonds. The highest BCUT2D eigenvalue weighted by Crippen LogP contribution is 2.15. The first-order valence-corrected chi connectivity index (χ1v) is 8.58. The van der Waals surface area contributed by atoms with Crippen LogP contribution in [-0.2, 0) is 16.1 Å². The first kappa shape index (κ1) is 18.4. The SMILES string of the molecule is CCOC(=O)CCN(Cc1ccco1)C(=O)c1cc2ccccc2oc1=O. The van der Waals surface area contributed by atoms with Gasteiger partial charge in [0, 0.05) is 11.9 Å². The van der Waals surface area contributed by atoms with E-state index < -0.39 is 17.5 Å². The van der Waals surface area contributed by atoms with Crippen molar-refractivity contribution in [1.29, 1.82) is 0 Å². The van der Waals surface area contributed by atoms with Crippen molar-refractivity contribution < 1.29 is 23.2 Å². The van der Waals surface area contributed by atoms with E-state index in [1.54, 1.807) is 43.3 Å². The van der Waals surface area contributed by atoms with Crippen LogP contribution in [0.4, 0.5) is 0 Å². The van der Waals surface area contributed by atoms with Gasteiger partial charge in [-0.15, -0.1) is 0 Å². The van der Waals surface area contributed by atoms with Crippen LogP contribution in [0.3, 0.4) is 0 Å². The number of carbonyl (C=O) groups excluding carboxylic acids is 2. The third kappa shape index (κ3) is 4.44. The molecule has 7 nitrogen and oxygen atoms in total. The maximum Gasteiger partial charge on any atom is 0.349 e. The van der Waals surface area contributed by atoms with Crippen LogP contribution in [0.5, 0.6) is 0 Å². The van der Waals surface area contributed by atoms with Crippen LogP contribution in [0, 0.1) is 0 Å². The first-order chi connectivity index (χ1) is 13.1. The molecule has 0 saturated carbocycles. The fraction of sp³-hybridized carbons (Fsp3) is 0.250. The standard InChI is InChI=1S/C20H19NO6/c1-2-25-18(22)9-10-21(13-15-7-5-11-26-15)19(23)16-12-14-6-3-4-8-17(14)27-20(16)24/h3-8,11-12H,2,9-10,13H2,1H3. The lowest BCUT2D eigenvalue weighted by Gasteiger charge is -2.21. The van der Waals surface area contributed by atoms with E-state index >= 15 is 0 Å². The van der Waals surface area contributed by atoms with Crippen LogP contribution in [0.15, 0.2) is 62.4 Å². The molecule has 0 bridgehead atoms. The highest BCUT2D eigenvalue weighted by molar-refractivity contribution is 5.96. The number of hydrogen-bond donors (Lipinski definition) is 0. The Balaban J connectivity index is 1.88. The molecule has 0 fully saturated rings. The van der Waals surface area contributed by atoms with Gasteiger partial charge in [-0.05, 0) is 31.2 Å². The molecular formula is C20H19NO6. The average molecular weight is 369 g/mol. The number of esters is 1. The summed E-state index contributed by atoms with van der Waals surface area (Å²) < 4.78 is 15.5. The van der Waals surface area contributed by atoms with Crippen molar-refractivity contribution in [2.45, 2.75) is 19.9 Å². The number of furan rings is 1. The number of hydrogen-bond acceptors (Lipinski definition) is 6. The minimum atomic E-state index is -0.723. The quantitative estimate of drug-likeness (QED) is 0.470. The lowest BCUT2D eigenvalue weighted by molar-refractivity contribution is -0.143. The van der Waals surface area contributed by atoms with Crippen molar-refractivity contribution in [2.24, 2.45) is 0 Å². The van der Waals surface area contributed by atoms with Gasteiger partial charge < -0.3 is 18.5 Å². The van der Waals surface area contributed by atoms with Gasteiger partial charge in [0.15, 0.2) is 0 Å². The molecule has 140 valence electrons. The summed E-state index contributed by atoms with van der Waals surface area (Å²) in [5.41, 5.74) is -0.411. The molecule has 0 atom stereocenters. The summed E-state index contributed by atoms with van der Waals surface area (Å²) in [6.07, 6.45) is 1.51. The second-order valence-electron chi connectivity index (χ2n) is 5.85. The molecule has 0 aliphatic carbocycles. The average Bonchev–Trinajstić information content (AvgIpc) is 3.17. The van der Waals surface area contributed by atoms with Crippen molar-refractivity contribution in [1.82, 2.24) is 4.90 Å². The molecule has 3 aromatic rings. The van der Waals surface area contributed by atoms with Gasteiger partial charge in [0.05, 0.1) is 25.8 Å². The van der Waals surface area contributed by atoms with Gasteiger partial charge in [0.25, 0.3) is 5.91 Å². The Labute approximate surface area is 155 Å². The number of carbonyl (C=O) groups is 2. The van der Waals surface area contributed by atoms with E-state index in [9.17, 15) is 14.4 Å². The second kappa shape index (κ2) is 8.35. The smallest absolute Gasteiger partial charge is 0.349 e. The van der Waals surface area contributed by atoms with E-state index in [0.29, 0.717) is 16.7 Å². The van der Waals surface area contributed by atoms with Crippen molar-refractivity contribution >= 4 is 22.8 Å². The zero-order valence-electron chi connectivity index (χ0n) is 14.8. The second-order valence-corrected chi connectivity index (χ2v) is 5.85. The predicted octanol–water partition coefficient (Wildman–Crippen LogP) is 2.98. The van der Waals surface area contributed by atoms with Crippen LogP contribution in [0.2, 0.25) is 0 Å². The van der Waals surface area contributed by atoms with E-state index in [2.05, 4.69) is 0 Å². The number of para-hydroxylation sites is 1. The molecule has 0 saturated heterocycles. The van der Waals surface area contributed by atoms with Gasteiger partial charge in [-0.2, -0.15) is 0 Å². The number of ether oxygens (including phenoxy) is 1. The lowest BCUT2D eigenvalue weighted by atomic mass is 10.1. The van der Waals surface area contributed by atoms with Crippen molar-refractivity contribution in [2.75, 3.05) is 13.2 Å². The molecule has 0 spiro atoms. The van der Waals surface area contributed by atoms with Gasteiger partial charge in [-0.1, -0.05) is 18.2 Å². The lowest BCUT2D eigenvalue weighted by Crippen LogP contribution is -2.35. The Morgan fingerprint density at radius 3 is 2.70 bits per heavy atom. The molecular weight excluding hydrogens is 350 g/mol. The maximum absolute atomic E-state index is 13.0. The molecule has 2 aromatic heterocycles. The van der Waals surface area contributed by atoms with E-state index in [0.717, 1.165) is 0 Å². The van der Waals surface area contributed by atoms with Gasteiger partial charge in [-0.3, -0.25) is 9.59 Å². The molecule has 0 unspecified atom stereocenters. The molecule has 2 heterocycles. The van der Waals surface area contributed by atoms with Crippen molar-refractivity contribution in [3.05, 3.63) is 70.5 Å².